The smallest absolute Gasteiger partial charge is 0.340 e. The number of H-pyrrole nitrogens is 1. The Hall–Kier alpha value is -4.52. The molecule has 0 aliphatic heterocycles. The van der Waals surface area contributed by atoms with Crippen molar-refractivity contribution >= 4 is 49.6 Å². The number of pyridine rings is 1. The number of nitrogens with zero attached hydrogens (tertiary/aromatic N) is 3. The van der Waals surface area contributed by atoms with Crippen molar-refractivity contribution in [3.63, 3.8) is 0 Å². The highest BCUT2D eigenvalue weighted by Gasteiger charge is 2.15. The number of aromatic nitrogens is 3. The van der Waals surface area contributed by atoms with Gasteiger partial charge in [0.1, 0.15) is 0 Å². The molecule has 0 saturated heterocycles. The number of carbonyl (C=O) groups excluding carboxylic acids is 1. The third-order valence-corrected chi connectivity index (χ3v) is 7.10. The Morgan fingerprint density at radius 1 is 0.919 bits per heavy atom. The third kappa shape index (κ3) is 3.93. The molecular formula is C30H29N5O2. The lowest BCUT2D eigenvalue weighted by Gasteiger charge is -2.10. The number of benzene rings is 3. The second-order valence-corrected chi connectivity index (χ2v) is 9.29. The maximum atomic E-state index is 12.2. The van der Waals surface area contributed by atoms with Crippen molar-refractivity contribution in [1.82, 2.24) is 19.5 Å². The highest BCUT2D eigenvalue weighted by atomic mass is 16.5. The lowest BCUT2D eigenvalue weighted by Crippen LogP contribution is -2.24. The van der Waals surface area contributed by atoms with Gasteiger partial charge in [-0.3, -0.25) is 0 Å². The summed E-state index contributed by atoms with van der Waals surface area (Å²) in [5, 5.41) is 9.26. The van der Waals surface area contributed by atoms with Crippen LogP contribution in [0.4, 0.5) is 0 Å². The average molecular weight is 492 g/mol. The van der Waals surface area contributed by atoms with E-state index in [2.05, 4.69) is 75.1 Å². The zero-order valence-corrected chi connectivity index (χ0v) is 21.0. The van der Waals surface area contributed by atoms with Gasteiger partial charge in [0.25, 0.3) is 0 Å². The summed E-state index contributed by atoms with van der Waals surface area (Å²) in [5.74, 6) is -0.303. The van der Waals surface area contributed by atoms with Crippen molar-refractivity contribution in [2.75, 3.05) is 13.7 Å². The molecule has 0 fully saturated rings. The second-order valence-electron chi connectivity index (χ2n) is 9.29. The molecule has 186 valence electrons. The first-order valence-electron chi connectivity index (χ1n) is 12.6. The summed E-state index contributed by atoms with van der Waals surface area (Å²) in [4.78, 5) is 15.8. The summed E-state index contributed by atoms with van der Waals surface area (Å²) in [5.41, 5.74) is 9.22. The van der Waals surface area contributed by atoms with Crippen LogP contribution < -0.4 is 10.9 Å². The molecule has 7 nitrogen and oxygen atoms in total. The molecule has 0 aliphatic carbocycles. The minimum absolute atomic E-state index is 0.303. The molecule has 3 aromatic heterocycles. The molecule has 2 N–H and O–H groups in total. The van der Waals surface area contributed by atoms with Gasteiger partial charge in [0, 0.05) is 53.5 Å². The molecule has 37 heavy (non-hydrogen) atoms. The number of hydrogen-bond acceptors (Lipinski definition) is 4. The summed E-state index contributed by atoms with van der Waals surface area (Å²) in [6.45, 7) is 1.56. The zero-order valence-electron chi connectivity index (χ0n) is 21.0. The number of hydrogen-bond donors (Lipinski definition) is 2. The maximum absolute atomic E-state index is 12.2. The van der Waals surface area contributed by atoms with Gasteiger partial charge in [-0.15, -0.1) is 0 Å². The van der Waals surface area contributed by atoms with E-state index in [4.69, 9.17) is 9.84 Å². The molecule has 0 unspecified atom stereocenters. The van der Waals surface area contributed by atoms with Crippen LogP contribution in [0.1, 0.15) is 23.2 Å². The number of fused-ring (bicyclic) bond motifs is 6. The highest BCUT2D eigenvalue weighted by Crippen LogP contribution is 2.28. The number of methoxy groups -OCH3 is 1. The Bertz CT molecular complexity index is 1840. The minimum atomic E-state index is -0.303. The molecule has 0 amide bonds. The molecule has 3 heterocycles. The number of nitrogens with one attached hydrogen (secondary N) is 2. The largest absolute Gasteiger partial charge is 0.465 e. The van der Waals surface area contributed by atoms with E-state index in [1.54, 1.807) is 0 Å². The fourth-order valence-electron chi connectivity index (χ4n) is 5.29. The predicted octanol–water partition coefficient (Wildman–Crippen LogP) is 5.44. The van der Waals surface area contributed by atoms with Gasteiger partial charge >= 0.3 is 5.97 Å². The number of carbonyl (C=O) groups is 1. The molecule has 0 radical (unpaired) electrons. The number of aryl methyl sites for hydroxylation is 2. The van der Waals surface area contributed by atoms with E-state index in [1.807, 2.05) is 30.5 Å². The van der Waals surface area contributed by atoms with Crippen LogP contribution in [0.3, 0.4) is 0 Å². The van der Waals surface area contributed by atoms with E-state index < -0.39 is 0 Å². The zero-order chi connectivity index (χ0) is 25.4. The van der Waals surface area contributed by atoms with Gasteiger partial charge in [-0.25, -0.2) is 4.79 Å². The first-order valence-corrected chi connectivity index (χ1v) is 12.6. The van der Waals surface area contributed by atoms with E-state index in [0.717, 1.165) is 64.3 Å². The van der Waals surface area contributed by atoms with E-state index in [9.17, 15) is 4.79 Å². The van der Waals surface area contributed by atoms with E-state index in [0.29, 0.717) is 5.56 Å². The first kappa shape index (κ1) is 22.9. The summed E-state index contributed by atoms with van der Waals surface area (Å²) in [6, 6.07) is 24.7. The van der Waals surface area contributed by atoms with Crippen molar-refractivity contribution in [1.29, 1.82) is 0 Å². The van der Waals surface area contributed by atoms with Gasteiger partial charge in [0.05, 0.1) is 29.1 Å². The van der Waals surface area contributed by atoms with Crippen LogP contribution in [0.25, 0.3) is 43.6 Å². The molecule has 7 heteroatoms. The maximum Gasteiger partial charge on any atom is 0.340 e. The van der Waals surface area contributed by atoms with Crippen molar-refractivity contribution in [2.45, 2.75) is 19.4 Å². The third-order valence-electron chi connectivity index (χ3n) is 7.10. The number of esters is 1. The molecular weight excluding hydrogens is 462 g/mol. The van der Waals surface area contributed by atoms with E-state index in [-0.39, 0.29) is 5.97 Å². The summed E-state index contributed by atoms with van der Waals surface area (Å²) >= 11 is 0. The summed E-state index contributed by atoms with van der Waals surface area (Å²) in [7, 11) is 3.49. The van der Waals surface area contributed by atoms with Crippen LogP contribution in [-0.4, -0.2) is 33.7 Å². The monoisotopic (exact) mass is 491 g/mol. The van der Waals surface area contributed by atoms with Crippen LogP contribution in [-0.2, 0) is 18.3 Å². The standard InChI is InChI=1S/C30H29N5O2/c1-34-25-15-7-5-13-22(25)28-27(21-12-3-6-14-24(21)32-28)29(34)33-31-17-9-10-18-35-19-23(30(36)37-2)20-11-4-8-16-26(20)35/h3-8,11-16,19,31-32H,9-10,17-18H2,1-2H3/b33-29-. The van der Waals surface area contributed by atoms with Gasteiger partial charge in [-0.1, -0.05) is 54.6 Å². The Kier molecular flexibility index (Phi) is 5.88. The van der Waals surface area contributed by atoms with Crippen molar-refractivity contribution in [3.05, 3.63) is 90.0 Å². The van der Waals surface area contributed by atoms with Crippen LogP contribution >= 0.6 is 0 Å². The molecule has 0 aliphatic rings. The van der Waals surface area contributed by atoms with Crippen LogP contribution in [0.2, 0.25) is 0 Å². The average Bonchev–Trinajstić information content (AvgIpc) is 3.51. The normalized spacial score (nSPS) is 12.2. The molecule has 0 bridgehead atoms. The second kappa shape index (κ2) is 9.50. The molecule has 6 rings (SSSR count). The van der Waals surface area contributed by atoms with Crippen LogP contribution in [0, 0.1) is 0 Å². The number of aromatic amines is 1. The fraction of sp³-hybridized carbons (Fsp3) is 0.200. The van der Waals surface area contributed by atoms with Crippen molar-refractivity contribution in [3.8, 4) is 0 Å². The Morgan fingerprint density at radius 3 is 2.43 bits per heavy atom. The topological polar surface area (TPSA) is 76.3 Å². The van der Waals surface area contributed by atoms with Crippen molar-refractivity contribution < 1.29 is 9.53 Å². The number of rotatable bonds is 7. The number of ether oxygens (including phenoxy) is 1. The van der Waals surface area contributed by atoms with Gasteiger partial charge < -0.3 is 24.3 Å². The Morgan fingerprint density at radius 2 is 1.62 bits per heavy atom. The quantitative estimate of drug-likeness (QED) is 0.177. The van der Waals surface area contributed by atoms with Gasteiger partial charge in [-0.05, 0) is 31.0 Å². The van der Waals surface area contributed by atoms with Gasteiger partial charge in [0.2, 0.25) is 0 Å². The van der Waals surface area contributed by atoms with Crippen LogP contribution in [0.5, 0.6) is 0 Å². The Labute approximate surface area is 214 Å². The predicted molar refractivity (Wildman–Crippen MR) is 148 cm³/mol. The van der Waals surface area contributed by atoms with E-state index in [1.165, 1.54) is 17.9 Å². The minimum Gasteiger partial charge on any atom is -0.465 e. The lowest BCUT2D eigenvalue weighted by molar-refractivity contribution is 0.0602. The summed E-state index contributed by atoms with van der Waals surface area (Å²) < 4.78 is 9.26. The fourth-order valence-corrected chi connectivity index (χ4v) is 5.29. The molecule has 3 aromatic carbocycles. The molecule has 6 aromatic rings. The molecule has 0 atom stereocenters. The Balaban J connectivity index is 1.24. The van der Waals surface area contributed by atoms with Gasteiger partial charge in [0.15, 0.2) is 5.49 Å². The first-order chi connectivity index (χ1) is 18.2. The number of unbranched alkanes of at least 4 members (excludes halogenated alkanes) is 1. The number of para-hydroxylation sites is 3. The van der Waals surface area contributed by atoms with Gasteiger partial charge in [-0.2, -0.15) is 5.10 Å². The van der Waals surface area contributed by atoms with E-state index >= 15 is 0 Å². The summed E-state index contributed by atoms with van der Waals surface area (Å²) in [6.07, 6.45) is 3.79. The SMILES string of the molecule is COC(=O)c1cn(CCCCN/N=c2/c3c4ccccc4[nH]c3c3ccccc3n2C)c2ccccc12. The van der Waals surface area contributed by atoms with Crippen molar-refractivity contribution in [2.24, 2.45) is 12.1 Å². The van der Waals surface area contributed by atoms with Crippen LogP contribution in [0.15, 0.2) is 84.1 Å². The highest BCUT2D eigenvalue weighted by molar-refractivity contribution is 6.15. The molecule has 0 saturated carbocycles. The lowest BCUT2D eigenvalue weighted by atomic mass is 10.1. The molecule has 0 spiro atoms.